The van der Waals surface area contributed by atoms with Crippen molar-refractivity contribution < 1.29 is 4.79 Å². The molecule has 2 heteroatoms. The van der Waals surface area contributed by atoms with Crippen LogP contribution in [0.1, 0.15) is 26.2 Å². The number of rotatable bonds is 2. The Bertz CT molecular complexity index is 136. The van der Waals surface area contributed by atoms with E-state index in [4.69, 9.17) is 0 Å². The van der Waals surface area contributed by atoms with Crippen molar-refractivity contribution in [3.63, 3.8) is 0 Å². The smallest absolute Gasteiger partial charge is 0.135 e. The summed E-state index contributed by atoms with van der Waals surface area (Å²) in [4.78, 5) is 13.3. The van der Waals surface area contributed by atoms with E-state index in [2.05, 4.69) is 7.05 Å². The van der Waals surface area contributed by atoms with Crippen molar-refractivity contribution in [3.8, 4) is 0 Å². The maximum Gasteiger partial charge on any atom is 0.135 e. The summed E-state index contributed by atoms with van der Waals surface area (Å²) in [6, 6.07) is 0. The molecule has 2 nitrogen and oxygen atoms in total. The summed E-state index contributed by atoms with van der Waals surface area (Å²) in [5, 5.41) is 0. The molecule has 1 aliphatic rings. The molecule has 0 aromatic rings. The van der Waals surface area contributed by atoms with E-state index < -0.39 is 0 Å². The average molecular weight is 154 g/mol. The number of carbonyl (C=O) groups is 1. The van der Waals surface area contributed by atoms with Crippen molar-refractivity contribution in [1.29, 1.82) is 0 Å². The van der Waals surface area contributed by atoms with Crippen LogP contribution in [0.15, 0.2) is 0 Å². The molecule has 1 fully saturated rings. The Hall–Kier alpha value is -0.370. The summed E-state index contributed by atoms with van der Waals surface area (Å²) in [6.07, 6.45) is 2.72. The molecule has 0 aliphatic carbocycles. The molecular weight excluding hydrogens is 138 g/mol. The minimum atomic E-state index is 0.331. The van der Waals surface area contributed by atoms with Gasteiger partial charge in [0.2, 0.25) is 0 Å². The van der Waals surface area contributed by atoms with Crippen LogP contribution >= 0.6 is 0 Å². The molecule has 64 valence electrons. The predicted molar refractivity (Wildman–Crippen MR) is 45.0 cm³/mol. The third-order valence-corrected chi connectivity index (χ3v) is 2.39. The predicted octanol–water partition coefficient (Wildman–Crippen LogP) is 1.47. The average Bonchev–Trinajstić information content (AvgIpc) is 2.05. The highest BCUT2D eigenvalue weighted by Crippen LogP contribution is 2.18. The maximum absolute atomic E-state index is 11.2. The number of likely N-dealkylation sites (tertiary alicyclic amines) is 1. The zero-order chi connectivity index (χ0) is 8.27. The van der Waals surface area contributed by atoms with Crippen LogP contribution < -0.4 is 0 Å². The van der Waals surface area contributed by atoms with Crippen molar-refractivity contribution in [1.82, 2.24) is 4.90 Å². The minimum absolute atomic E-state index is 0.331. The van der Waals surface area contributed by atoms with Gasteiger partial charge in [-0.2, -0.15) is 0 Å². The Morgan fingerprint density at radius 3 is 2.55 bits per heavy atom. The lowest BCUT2D eigenvalue weighted by molar-refractivity contribution is -0.123. The Morgan fingerprint density at radius 1 is 1.55 bits per heavy atom. The van der Waals surface area contributed by atoms with Gasteiger partial charge in [0.05, 0.1) is 0 Å². The molecule has 0 radical (unpaired) electrons. The number of ketones is 1. The molecule has 1 heterocycles. The van der Waals surface area contributed by atoms with E-state index >= 15 is 0 Å². The summed E-state index contributed by atoms with van der Waals surface area (Å²) < 4.78 is 0. The topological polar surface area (TPSA) is 20.3 Å². The number of hydrogen-bond acceptors (Lipinski definition) is 2. The van der Waals surface area contributed by atoms with E-state index in [-0.39, 0.29) is 0 Å². The number of Topliss-reactive ketones (excluding diaryl/α,β-unsaturated/α-hetero) is 1. The van der Waals surface area contributed by atoms with Gasteiger partial charge in [-0.3, -0.25) is 11.8 Å². The number of piperidine rings is 1. The van der Waals surface area contributed by atoms with Crippen LogP contribution in [0.3, 0.4) is 0 Å². The Balaban J connectivity index is 2.33. The molecule has 0 amide bonds. The van der Waals surface area contributed by atoms with Crippen molar-refractivity contribution in [3.05, 3.63) is 7.05 Å². The molecule has 1 rings (SSSR count). The quantitative estimate of drug-likeness (QED) is 0.561. The Morgan fingerprint density at radius 2 is 2.09 bits per heavy atom. The molecule has 0 aromatic carbocycles. The molecule has 0 bridgehead atoms. The van der Waals surface area contributed by atoms with Gasteiger partial charge in [0.15, 0.2) is 0 Å². The summed E-state index contributed by atoms with van der Waals surface area (Å²) in [6.45, 7) is 3.91. The summed E-state index contributed by atoms with van der Waals surface area (Å²) in [5.74, 6) is 0.760. The highest BCUT2D eigenvalue weighted by Gasteiger charge is 2.19. The molecular formula is C9H16NO-. The van der Waals surface area contributed by atoms with Gasteiger partial charge in [-0.15, -0.1) is 0 Å². The largest absolute Gasteiger partial charge is 0.459 e. The number of hydrogen-bond donors (Lipinski definition) is 0. The van der Waals surface area contributed by atoms with Gasteiger partial charge < -0.3 is 4.90 Å². The van der Waals surface area contributed by atoms with E-state index in [0.717, 1.165) is 25.9 Å². The second-order valence-electron chi connectivity index (χ2n) is 3.21. The molecule has 0 N–H and O–H groups in total. The van der Waals surface area contributed by atoms with Gasteiger partial charge in [-0.05, 0) is 25.9 Å². The third kappa shape index (κ3) is 2.29. The van der Waals surface area contributed by atoms with E-state index in [9.17, 15) is 4.79 Å². The number of carbonyl (C=O) groups excluding carboxylic acids is 1. The van der Waals surface area contributed by atoms with Crippen molar-refractivity contribution in [2.75, 3.05) is 13.1 Å². The Labute approximate surface area is 68.6 Å². The van der Waals surface area contributed by atoms with Crippen LogP contribution in [-0.4, -0.2) is 23.8 Å². The van der Waals surface area contributed by atoms with E-state index in [0.29, 0.717) is 18.1 Å². The maximum atomic E-state index is 11.2. The first kappa shape index (κ1) is 8.72. The lowest BCUT2D eigenvalue weighted by Crippen LogP contribution is -2.32. The molecule has 0 atom stereocenters. The zero-order valence-electron chi connectivity index (χ0n) is 7.18. The van der Waals surface area contributed by atoms with Crippen LogP contribution in [0.5, 0.6) is 0 Å². The standard InChI is InChI=1S/C9H16NO/c1-3-9(11)8-4-6-10(2)7-5-8/h8H,2-7H2,1H3/q-1. The van der Waals surface area contributed by atoms with Crippen LogP contribution in [0, 0.1) is 13.0 Å². The minimum Gasteiger partial charge on any atom is -0.459 e. The van der Waals surface area contributed by atoms with Gasteiger partial charge in [0.1, 0.15) is 5.78 Å². The lowest BCUT2D eigenvalue weighted by atomic mass is 9.92. The normalized spacial score (nSPS) is 22.0. The summed E-state index contributed by atoms with van der Waals surface area (Å²) in [5.41, 5.74) is 0. The van der Waals surface area contributed by atoms with E-state index in [1.807, 2.05) is 11.8 Å². The van der Waals surface area contributed by atoms with Crippen molar-refractivity contribution >= 4 is 5.78 Å². The van der Waals surface area contributed by atoms with Crippen LogP contribution in [0.4, 0.5) is 0 Å². The van der Waals surface area contributed by atoms with Gasteiger partial charge in [0, 0.05) is 12.3 Å². The summed E-state index contributed by atoms with van der Waals surface area (Å²) >= 11 is 0. The van der Waals surface area contributed by atoms with Gasteiger partial charge in [-0.25, -0.2) is 0 Å². The second-order valence-corrected chi connectivity index (χ2v) is 3.21. The monoisotopic (exact) mass is 154 g/mol. The second kappa shape index (κ2) is 3.86. The first-order valence-corrected chi connectivity index (χ1v) is 4.32. The number of nitrogens with zero attached hydrogens (tertiary/aromatic N) is 1. The molecule has 0 spiro atoms. The van der Waals surface area contributed by atoms with Gasteiger partial charge in [0.25, 0.3) is 0 Å². The van der Waals surface area contributed by atoms with Gasteiger partial charge in [-0.1, -0.05) is 6.92 Å². The zero-order valence-corrected chi connectivity index (χ0v) is 7.18. The van der Waals surface area contributed by atoms with Crippen LogP contribution in [0.2, 0.25) is 0 Å². The molecule has 0 saturated carbocycles. The first-order chi connectivity index (χ1) is 5.24. The fraction of sp³-hybridized carbons (Fsp3) is 0.778. The molecule has 11 heavy (non-hydrogen) atoms. The Kier molecular flexibility index (Phi) is 3.06. The molecule has 1 aliphatic heterocycles. The summed E-state index contributed by atoms with van der Waals surface area (Å²) in [7, 11) is 3.84. The molecule has 1 saturated heterocycles. The SMILES string of the molecule is [CH2-]N1CCC(C(=O)CC)CC1. The van der Waals surface area contributed by atoms with E-state index in [1.54, 1.807) is 0 Å². The fourth-order valence-electron chi connectivity index (χ4n) is 1.54. The highest BCUT2D eigenvalue weighted by molar-refractivity contribution is 5.80. The van der Waals surface area contributed by atoms with Crippen LogP contribution in [-0.2, 0) is 4.79 Å². The van der Waals surface area contributed by atoms with Gasteiger partial charge >= 0.3 is 0 Å². The fourth-order valence-corrected chi connectivity index (χ4v) is 1.54. The lowest BCUT2D eigenvalue weighted by Gasteiger charge is -2.33. The van der Waals surface area contributed by atoms with E-state index in [1.165, 1.54) is 0 Å². The van der Waals surface area contributed by atoms with Crippen molar-refractivity contribution in [2.24, 2.45) is 5.92 Å². The third-order valence-electron chi connectivity index (χ3n) is 2.39. The molecule has 0 unspecified atom stereocenters. The van der Waals surface area contributed by atoms with Crippen LogP contribution in [0.25, 0.3) is 0 Å². The molecule has 0 aromatic heterocycles. The first-order valence-electron chi connectivity index (χ1n) is 4.32. The van der Waals surface area contributed by atoms with Crippen molar-refractivity contribution in [2.45, 2.75) is 26.2 Å². The highest BCUT2D eigenvalue weighted by atomic mass is 16.1.